The van der Waals surface area contributed by atoms with Gasteiger partial charge in [0.2, 0.25) is 0 Å². The van der Waals surface area contributed by atoms with Crippen LogP contribution in [0.1, 0.15) is 0 Å². The Labute approximate surface area is 302 Å². The van der Waals surface area contributed by atoms with Crippen molar-refractivity contribution < 1.29 is 0 Å². The molecule has 3 heterocycles. The normalized spacial score (nSPS) is 11.9. The summed E-state index contributed by atoms with van der Waals surface area (Å²) in [6.07, 6.45) is 0. The van der Waals surface area contributed by atoms with E-state index < -0.39 is 0 Å². The monoisotopic (exact) mass is 683 g/mol. The van der Waals surface area contributed by atoms with E-state index in [2.05, 4.69) is 180 Å². The zero-order valence-corrected chi connectivity index (χ0v) is 29.1. The summed E-state index contributed by atoms with van der Waals surface area (Å²) in [7, 11) is 0. The Morgan fingerprint density at radius 2 is 0.902 bits per heavy atom. The van der Waals surface area contributed by atoms with Crippen molar-refractivity contribution in [1.29, 1.82) is 0 Å². The molecule has 0 bridgehead atoms. The number of aromatic nitrogens is 1. The lowest BCUT2D eigenvalue weighted by atomic mass is 9.98. The molecule has 0 aliphatic carbocycles. The first-order valence-corrected chi connectivity index (χ1v) is 19.0. The lowest BCUT2D eigenvalue weighted by Gasteiger charge is -2.10. The van der Waals surface area contributed by atoms with E-state index in [0.717, 1.165) is 0 Å². The molecule has 0 fully saturated rings. The van der Waals surface area contributed by atoms with Gasteiger partial charge in [-0.2, -0.15) is 0 Å². The highest BCUT2D eigenvalue weighted by atomic mass is 32.1. The van der Waals surface area contributed by atoms with Crippen LogP contribution < -0.4 is 0 Å². The number of hydrogen-bond donors (Lipinski definition) is 0. The molecule has 0 spiro atoms. The Balaban J connectivity index is 1.15. The maximum absolute atomic E-state index is 2.49. The Morgan fingerprint density at radius 1 is 0.333 bits per heavy atom. The average Bonchev–Trinajstić information content (AvgIpc) is 3.87. The van der Waals surface area contributed by atoms with Crippen LogP contribution in [0.2, 0.25) is 0 Å². The Morgan fingerprint density at radius 3 is 1.63 bits per heavy atom. The molecule has 11 rings (SSSR count). The first-order chi connectivity index (χ1) is 25.3. The van der Waals surface area contributed by atoms with Crippen molar-refractivity contribution in [2.45, 2.75) is 0 Å². The second kappa shape index (κ2) is 11.3. The topological polar surface area (TPSA) is 4.93 Å². The summed E-state index contributed by atoms with van der Waals surface area (Å²) in [5, 5.41) is 7.83. The van der Waals surface area contributed by atoms with E-state index in [1.54, 1.807) is 0 Å². The van der Waals surface area contributed by atoms with Gasteiger partial charge in [-0.25, -0.2) is 0 Å². The summed E-state index contributed by atoms with van der Waals surface area (Å²) < 4.78 is 7.78. The van der Waals surface area contributed by atoms with Crippen LogP contribution in [0.25, 0.3) is 101 Å². The Hall–Kier alpha value is -6.00. The van der Waals surface area contributed by atoms with Gasteiger partial charge in [0.25, 0.3) is 0 Å². The lowest BCUT2D eigenvalue weighted by molar-refractivity contribution is 1.20. The second-order valence-electron chi connectivity index (χ2n) is 13.3. The first-order valence-electron chi connectivity index (χ1n) is 17.3. The van der Waals surface area contributed by atoms with E-state index in [4.69, 9.17) is 0 Å². The molecule has 238 valence electrons. The zero-order chi connectivity index (χ0) is 33.5. The van der Waals surface area contributed by atoms with E-state index in [1.165, 1.54) is 101 Å². The molecule has 0 saturated heterocycles. The van der Waals surface area contributed by atoms with Gasteiger partial charge in [-0.1, -0.05) is 121 Å². The number of hydrogen-bond acceptors (Lipinski definition) is 2. The molecule has 3 aromatic heterocycles. The van der Waals surface area contributed by atoms with Gasteiger partial charge in [0.15, 0.2) is 0 Å². The third kappa shape index (κ3) is 4.45. The summed E-state index contributed by atoms with van der Waals surface area (Å²) in [6.45, 7) is 0. The highest BCUT2D eigenvalue weighted by molar-refractivity contribution is 7.26. The summed E-state index contributed by atoms with van der Waals surface area (Å²) in [5.41, 5.74) is 11.1. The first kappa shape index (κ1) is 28.8. The van der Waals surface area contributed by atoms with Crippen LogP contribution in [0.3, 0.4) is 0 Å². The molecule has 51 heavy (non-hydrogen) atoms. The van der Waals surface area contributed by atoms with Crippen LogP contribution in [-0.2, 0) is 0 Å². The molecule has 0 saturated carbocycles. The van der Waals surface area contributed by atoms with Crippen LogP contribution in [-0.4, -0.2) is 4.57 Å². The fraction of sp³-hybridized carbons (Fsp3) is 0. The molecule has 0 unspecified atom stereocenters. The molecular formula is C48H29NS2. The Bertz CT molecular complexity index is 3030. The van der Waals surface area contributed by atoms with E-state index in [-0.39, 0.29) is 0 Å². The molecular weight excluding hydrogens is 655 g/mol. The van der Waals surface area contributed by atoms with Gasteiger partial charge in [-0.3, -0.25) is 0 Å². The molecule has 3 heteroatoms. The lowest BCUT2D eigenvalue weighted by Crippen LogP contribution is -1.94. The van der Waals surface area contributed by atoms with Crippen LogP contribution in [0, 0.1) is 0 Å². The predicted molar refractivity (Wildman–Crippen MR) is 223 cm³/mol. The highest BCUT2D eigenvalue weighted by Gasteiger charge is 2.19. The van der Waals surface area contributed by atoms with Crippen molar-refractivity contribution in [2.75, 3.05) is 0 Å². The molecule has 0 radical (unpaired) electrons. The second-order valence-corrected chi connectivity index (χ2v) is 15.4. The van der Waals surface area contributed by atoms with Gasteiger partial charge in [-0.05, 0) is 88.0 Å². The highest BCUT2D eigenvalue weighted by Crippen LogP contribution is 2.45. The van der Waals surface area contributed by atoms with E-state index in [9.17, 15) is 0 Å². The van der Waals surface area contributed by atoms with Gasteiger partial charge in [-0.15, -0.1) is 22.7 Å². The van der Waals surface area contributed by atoms with Crippen molar-refractivity contribution >= 4 is 84.8 Å². The summed E-state index contributed by atoms with van der Waals surface area (Å²) in [5.74, 6) is 0. The third-order valence-corrected chi connectivity index (χ3v) is 12.8. The minimum Gasteiger partial charge on any atom is -0.308 e. The maximum atomic E-state index is 2.49. The van der Waals surface area contributed by atoms with Gasteiger partial charge >= 0.3 is 0 Å². The molecule has 11 aromatic rings. The van der Waals surface area contributed by atoms with Crippen molar-refractivity contribution in [3.05, 3.63) is 176 Å². The Kier molecular flexibility index (Phi) is 6.36. The van der Waals surface area contributed by atoms with Crippen molar-refractivity contribution in [3.63, 3.8) is 0 Å². The minimum atomic E-state index is 1.22. The molecule has 8 aromatic carbocycles. The van der Waals surface area contributed by atoms with Gasteiger partial charge in [0, 0.05) is 46.4 Å². The number of thiophene rings is 2. The van der Waals surface area contributed by atoms with E-state index in [0.29, 0.717) is 0 Å². The molecule has 0 aliphatic rings. The van der Waals surface area contributed by atoms with Crippen molar-refractivity contribution in [3.8, 4) is 39.1 Å². The summed E-state index contributed by atoms with van der Waals surface area (Å²) in [6, 6.07) is 64.8. The average molecular weight is 684 g/mol. The summed E-state index contributed by atoms with van der Waals surface area (Å²) >= 11 is 3.78. The smallest absolute Gasteiger partial charge is 0.0640 e. The number of nitrogens with zero attached hydrogens (tertiary/aromatic N) is 1. The van der Waals surface area contributed by atoms with Crippen LogP contribution in [0.5, 0.6) is 0 Å². The van der Waals surface area contributed by atoms with Gasteiger partial charge < -0.3 is 4.57 Å². The molecule has 1 nitrogen and oxygen atoms in total. The minimum absolute atomic E-state index is 1.22. The van der Waals surface area contributed by atoms with Crippen molar-refractivity contribution in [2.24, 2.45) is 0 Å². The van der Waals surface area contributed by atoms with Crippen LogP contribution in [0.4, 0.5) is 0 Å². The zero-order valence-electron chi connectivity index (χ0n) is 27.5. The largest absolute Gasteiger partial charge is 0.308 e. The molecule has 0 N–H and O–H groups in total. The quantitative estimate of drug-likeness (QED) is 0.174. The maximum Gasteiger partial charge on any atom is 0.0640 e. The van der Waals surface area contributed by atoms with Gasteiger partial charge in [0.05, 0.1) is 21.4 Å². The van der Waals surface area contributed by atoms with E-state index in [1.807, 2.05) is 22.7 Å². The molecule has 0 atom stereocenters. The molecule has 0 aliphatic heterocycles. The standard InChI is InChI=1S/C48H29NS2/c1-3-11-30(12-4-1)32-21-24-41-38(27-32)39-28-33(31-13-5-2-6-14-31)22-25-42(39)49(41)43-18-9-17-36-40-29-34(23-26-45(40)51-48(36)43)35-16-10-20-46-47(35)37-15-7-8-19-44(37)50-46/h1-29H. The van der Waals surface area contributed by atoms with E-state index >= 15 is 0 Å². The number of fused-ring (bicyclic) bond motifs is 9. The molecule has 0 amide bonds. The fourth-order valence-corrected chi connectivity index (χ4v) is 10.4. The SMILES string of the molecule is c1ccc(-c2ccc3c(c2)c2cc(-c4ccccc4)ccc2n3-c2cccc3c2sc2ccc(-c4cccc5sc6ccccc6c45)cc23)cc1. The van der Waals surface area contributed by atoms with Crippen molar-refractivity contribution in [1.82, 2.24) is 4.57 Å². The fourth-order valence-electron chi connectivity index (χ4n) is 8.05. The third-order valence-electron chi connectivity index (χ3n) is 10.4. The predicted octanol–water partition coefficient (Wildman–Crippen LogP) is 14.5. The van der Waals surface area contributed by atoms with Gasteiger partial charge in [0.1, 0.15) is 0 Å². The number of benzene rings is 8. The van der Waals surface area contributed by atoms with Crippen LogP contribution >= 0.6 is 22.7 Å². The van der Waals surface area contributed by atoms with Crippen LogP contribution in [0.15, 0.2) is 176 Å². The number of rotatable bonds is 4. The summed E-state index contributed by atoms with van der Waals surface area (Å²) in [4.78, 5) is 0.